The Hall–Kier alpha value is -2.07. The first-order chi connectivity index (χ1) is 9.88. The first kappa shape index (κ1) is 15.3. The Morgan fingerprint density at radius 3 is 2.48 bits per heavy atom. The number of halogens is 1. The lowest BCUT2D eigenvalue weighted by Crippen LogP contribution is -2.23. The second kappa shape index (κ2) is 6.14. The number of hydrogen-bond acceptors (Lipinski definition) is 3. The van der Waals surface area contributed by atoms with Crippen LogP contribution in [0.4, 0.5) is 5.82 Å². The minimum Gasteiger partial charge on any atom is -0.384 e. The highest BCUT2D eigenvalue weighted by Crippen LogP contribution is 2.25. The van der Waals surface area contributed by atoms with Crippen LogP contribution in [-0.2, 0) is 0 Å². The fourth-order valence-corrected chi connectivity index (χ4v) is 2.28. The molecular formula is C16H19ClN4. The number of anilines is 1. The van der Waals surface area contributed by atoms with E-state index in [-0.39, 0.29) is 11.9 Å². The normalized spacial score (nSPS) is 12.0. The minimum absolute atomic E-state index is 0.0503. The maximum Gasteiger partial charge on any atom is 0.129 e. The predicted molar refractivity (Wildman–Crippen MR) is 88.3 cm³/mol. The van der Waals surface area contributed by atoms with Crippen molar-refractivity contribution in [1.29, 1.82) is 5.41 Å². The van der Waals surface area contributed by atoms with Crippen molar-refractivity contribution in [3.8, 4) is 0 Å². The molecule has 0 aliphatic heterocycles. The van der Waals surface area contributed by atoms with Gasteiger partial charge in [0.25, 0.3) is 0 Å². The molecule has 0 amide bonds. The van der Waals surface area contributed by atoms with Gasteiger partial charge in [0, 0.05) is 23.3 Å². The Morgan fingerprint density at radius 1 is 1.29 bits per heavy atom. The summed E-state index contributed by atoms with van der Waals surface area (Å²) in [5.41, 5.74) is 8.25. The number of amidine groups is 1. The number of rotatable bonds is 4. The Balaban J connectivity index is 2.32. The van der Waals surface area contributed by atoms with E-state index < -0.39 is 0 Å². The Labute approximate surface area is 130 Å². The average Bonchev–Trinajstić information content (AvgIpc) is 2.45. The highest BCUT2D eigenvalue weighted by molar-refractivity contribution is 6.30. The zero-order valence-corrected chi connectivity index (χ0v) is 13.1. The topological polar surface area (TPSA) is 66.0 Å². The molecule has 110 valence electrons. The van der Waals surface area contributed by atoms with Crippen LogP contribution < -0.4 is 10.6 Å². The van der Waals surface area contributed by atoms with E-state index in [1.165, 1.54) is 0 Å². The first-order valence-corrected chi connectivity index (χ1v) is 7.07. The minimum atomic E-state index is 0.0503. The Kier molecular flexibility index (Phi) is 4.48. The molecule has 0 aliphatic rings. The number of nitrogens with two attached hydrogens (primary N) is 1. The third kappa shape index (κ3) is 3.52. The SMILES string of the molecule is Cc1cc(C(=N)N)cc(N(C)C(C)c2ccc(Cl)cc2)n1. The zero-order chi connectivity index (χ0) is 15.6. The van der Waals surface area contributed by atoms with E-state index in [1.807, 2.05) is 50.4 Å². The van der Waals surface area contributed by atoms with Crippen LogP contribution in [0.1, 0.15) is 29.8 Å². The molecule has 2 rings (SSSR count). The van der Waals surface area contributed by atoms with E-state index >= 15 is 0 Å². The van der Waals surface area contributed by atoms with Crippen LogP contribution in [0.2, 0.25) is 5.02 Å². The van der Waals surface area contributed by atoms with Crippen LogP contribution in [0.5, 0.6) is 0 Å². The zero-order valence-electron chi connectivity index (χ0n) is 12.4. The summed E-state index contributed by atoms with van der Waals surface area (Å²) in [6.45, 7) is 4.00. The van der Waals surface area contributed by atoms with Gasteiger partial charge in [-0.2, -0.15) is 0 Å². The molecule has 1 aromatic heterocycles. The lowest BCUT2D eigenvalue weighted by molar-refractivity contribution is 0.727. The molecule has 0 spiro atoms. The molecular weight excluding hydrogens is 284 g/mol. The van der Waals surface area contributed by atoms with Crippen LogP contribution in [0, 0.1) is 12.3 Å². The van der Waals surface area contributed by atoms with Gasteiger partial charge in [-0.25, -0.2) is 4.98 Å². The molecule has 0 radical (unpaired) electrons. The number of nitrogens with one attached hydrogen (secondary N) is 1. The molecule has 4 nitrogen and oxygen atoms in total. The van der Waals surface area contributed by atoms with Crippen molar-refractivity contribution in [2.45, 2.75) is 19.9 Å². The Morgan fingerprint density at radius 2 is 1.90 bits per heavy atom. The molecule has 1 aromatic carbocycles. The summed E-state index contributed by atoms with van der Waals surface area (Å²) in [6, 6.07) is 11.6. The number of pyridine rings is 1. The highest BCUT2D eigenvalue weighted by atomic mass is 35.5. The molecule has 0 aliphatic carbocycles. The van der Waals surface area contributed by atoms with Gasteiger partial charge in [0.1, 0.15) is 11.7 Å². The molecule has 1 atom stereocenters. The maximum atomic E-state index is 7.58. The Bertz CT molecular complexity index is 652. The van der Waals surface area contributed by atoms with Crippen molar-refractivity contribution >= 4 is 23.3 Å². The van der Waals surface area contributed by atoms with Crippen molar-refractivity contribution in [1.82, 2.24) is 4.98 Å². The number of aromatic nitrogens is 1. The average molecular weight is 303 g/mol. The molecule has 5 heteroatoms. The van der Waals surface area contributed by atoms with Crippen LogP contribution >= 0.6 is 11.6 Å². The fourth-order valence-electron chi connectivity index (χ4n) is 2.15. The number of benzene rings is 1. The van der Waals surface area contributed by atoms with Gasteiger partial charge in [-0.15, -0.1) is 0 Å². The van der Waals surface area contributed by atoms with E-state index in [4.69, 9.17) is 22.7 Å². The molecule has 21 heavy (non-hydrogen) atoms. The highest BCUT2D eigenvalue weighted by Gasteiger charge is 2.15. The van der Waals surface area contributed by atoms with Gasteiger partial charge in [-0.05, 0) is 43.7 Å². The quantitative estimate of drug-likeness (QED) is 0.671. The second-order valence-corrected chi connectivity index (χ2v) is 5.54. The summed E-state index contributed by atoms with van der Waals surface area (Å²) >= 11 is 5.93. The summed E-state index contributed by atoms with van der Waals surface area (Å²) in [7, 11) is 1.98. The molecule has 1 unspecified atom stereocenters. The number of nitrogen functional groups attached to an aromatic ring is 1. The van der Waals surface area contributed by atoms with E-state index in [0.717, 1.165) is 22.1 Å². The van der Waals surface area contributed by atoms with Crippen LogP contribution in [0.15, 0.2) is 36.4 Å². The van der Waals surface area contributed by atoms with Gasteiger partial charge in [-0.1, -0.05) is 23.7 Å². The van der Waals surface area contributed by atoms with Gasteiger partial charge < -0.3 is 10.6 Å². The summed E-state index contributed by atoms with van der Waals surface area (Å²) in [6.07, 6.45) is 0. The fraction of sp³-hybridized carbons (Fsp3) is 0.250. The maximum absolute atomic E-state index is 7.58. The lowest BCUT2D eigenvalue weighted by atomic mass is 10.1. The summed E-state index contributed by atoms with van der Waals surface area (Å²) in [5, 5.41) is 8.30. The molecule has 0 saturated heterocycles. The molecule has 3 N–H and O–H groups in total. The van der Waals surface area contributed by atoms with E-state index in [1.54, 1.807) is 0 Å². The first-order valence-electron chi connectivity index (χ1n) is 6.70. The third-order valence-corrected chi connectivity index (χ3v) is 3.80. The van der Waals surface area contributed by atoms with E-state index in [2.05, 4.69) is 16.8 Å². The van der Waals surface area contributed by atoms with Crippen molar-refractivity contribution in [3.63, 3.8) is 0 Å². The van der Waals surface area contributed by atoms with Crippen molar-refractivity contribution in [2.75, 3.05) is 11.9 Å². The standard InChI is InChI=1S/C16H19ClN4/c1-10-8-13(16(18)19)9-15(20-10)21(3)11(2)12-4-6-14(17)7-5-12/h4-9,11H,1-3H3,(H3,18,19). The van der Waals surface area contributed by atoms with Crippen molar-refractivity contribution in [2.24, 2.45) is 5.73 Å². The smallest absolute Gasteiger partial charge is 0.129 e. The van der Waals surface area contributed by atoms with Crippen LogP contribution in [0.25, 0.3) is 0 Å². The predicted octanol–water partition coefficient (Wildman–Crippen LogP) is 3.52. The lowest BCUT2D eigenvalue weighted by Gasteiger charge is -2.27. The van der Waals surface area contributed by atoms with Crippen molar-refractivity contribution in [3.05, 3.63) is 58.2 Å². The van der Waals surface area contributed by atoms with Gasteiger partial charge >= 0.3 is 0 Å². The molecule has 0 fully saturated rings. The molecule has 2 aromatic rings. The van der Waals surface area contributed by atoms with Gasteiger partial charge in [0.05, 0.1) is 6.04 Å². The van der Waals surface area contributed by atoms with Gasteiger partial charge in [-0.3, -0.25) is 5.41 Å². The van der Waals surface area contributed by atoms with Crippen LogP contribution in [0.3, 0.4) is 0 Å². The van der Waals surface area contributed by atoms with E-state index in [0.29, 0.717) is 5.56 Å². The summed E-state index contributed by atoms with van der Waals surface area (Å²) < 4.78 is 0. The number of hydrogen-bond donors (Lipinski definition) is 2. The third-order valence-electron chi connectivity index (χ3n) is 3.55. The van der Waals surface area contributed by atoms with Crippen molar-refractivity contribution < 1.29 is 0 Å². The van der Waals surface area contributed by atoms with Gasteiger partial charge in [0.2, 0.25) is 0 Å². The summed E-state index contributed by atoms with van der Waals surface area (Å²) in [5.74, 6) is 0.844. The van der Waals surface area contributed by atoms with Crippen LogP contribution in [-0.4, -0.2) is 17.9 Å². The number of nitrogens with zero attached hydrogens (tertiary/aromatic N) is 2. The molecule has 0 bridgehead atoms. The molecule has 1 heterocycles. The second-order valence-electron chi connectivity index (χ2n) is 5.11. The number of aryl methyl sites for hydroxylation is 1. The largest absolute Gasteiger partial charge is 0.384 e. The molecule has 0 saturated carbocycles. The summed E-state index contributed by atoms with van der Waals surface area (Å²) in [4.78, 5) is 6.59. The monoisotopic (exact) mass is 302 g/mol. The van der Waals surface area contributed by atoms with E-state index in [9.17, 15) is 0 Å². The van der Waals surface area contributed by atoms with Gasteiger partial charge in [0.15, 0.2) is 0 Å².